The molecule has 34 heavy (non-hydrogen) atoms. The molecule has 3 aromatic rings. The van der Waals surface area contributed by atoms with Crippen molar-refractivity contribution in [3.8, 4) is 5.75 Å². The third kappa shape index (κ3) is 4.12. The number of carbonyl (C=O) groups excluding carboxylic acids is 2. The Morgan fingerprint density at radius 3 is 2.71 bits per heavy atom. The van der Waals surface area contributed by atoms with Gasteiger partial charge in [-0.3, -0.25) is 19.5 Å². The Morgan fingerprint density at radius 1 is 1.15 bits per heavy atom. The fourth-order valence-electron chi connectivity index (χ4n) is 4.60. The molecule has 5 rings (SSSR count). The largest absolute Gasteiger partial charge is 0.497 e. The van der Waals surface area contributed by atoms with E-state index in [2.05, 4.69) is 5.32 Å². The van der Waals surface area contributed by atoms with Crippen LogP contribution in [0.15, 0.2) is 47.5 Å². The van der Waals surface area contributed by atoms with Crippen LogP contribution in [0.25, 0.3) is 0 Å². The van der Waals surface area contributed by atoms with E-state index in [0.717, 1.165) is 63.7 Å². The second-order valence-electron chi connectivity index (χ2n) is 8.78. The zero-order chi connectivity index (χ0) is 23.8. The van der Waals surface area contributed by atoms with Crippen molar-refractivity contribution in [1.82, 2.24) is 0 Å². The summed E-state index contributed by atoms with van der Waals surface area (Å²) < 4.78 is 5.31. The summed E-state index contributed by atoms with van der Waals surface area (Å²) >= 11 is 1.63. The Kier molecular flexibility index (Phi) is 5.96. The standard InChI is InChI=1S/C27H27N3O3S/c1-16-7-8-17(2)21(13-16)29-23(31)15-30-24(32)14-28-26(18-9-11-19(33-3)12-10-18)25-20-5-4-6-22(20)34-27(25)30/h7-13H,4-6,14-15H2,1-3H3,(H,29,31). The maximum Gasteiger partial charge on any atom is 0.249 e. The van der Waals surface area contributed by atoms with E-state index >= 15 is 0 Å². The number of aryl methyl sites for hydroxylation is 3. The van der Waals surface area contributed by atoms with Crippen LogP contribution < -0.4 is 15.0 Å². The predicted molar refractivity (Wildman–Crippen MR) is 137 cm³/mol. The lowest BCUT2D eigenvalue weighted by atomic mass is 9.99. The summed E-state index contributed by atoms with van der Waals surface area (Å²) in [6.45, 7) is 3.92. The minimum atomic E-state index is -0.213. The first kappa shape index (κ1) is 22.3. The number of amides is 2. The van der Waals surface area contributed by atoms with Gasteiger partial charge in [0.25, 0.3) is 0 Å². The molecule has 1 aliphatic carbocycles. The SMILES string of the molecule is COc1ccc(C2=NCC(=O)N(CC(=O)Nc3cc(C)ccc3C)c3sc4c(c32)CCC4)cc1. The van der Waals surface area contributed by atoms with Crippen LogP contribution in [0, 0.1) is 13.8 Å². The van der Waals surface area contributed by atoms with Crippen molar-refractivity contribution in [3.63, 3.8) is 0 Å². The van der Waals surface area contributed by atoms with Crippen LogP contribution in [0.2, 0.25) is 0 Å². The molecule has 2 amide bonds. The van der Waals surface area contributed by atoms with E-state index in [9.17, 15) is 9.59 Å². The number of ether oxygens (including phenoxy) is 1. The highest BCUT2D eigenvalue weighted by atomic mass is 32.1. The number of fused-ring (bicyclic) bond motifs is 3. The molecule has 2 heterocycles. The van der Waals surface area contributed by atoms with Crippen molar-refractivity contribution in [3.05, 3.63) is 75.2 Å². The number of hydrogen-bond acceptors (Lipinski definition) is 5. The van der Waals surface area contributed by atoms with Crippen LogP contribution in [0.4, 0.5) is 10.7 Å². The van der Waals surface area contributed by atoms with E-state index in [1.165, 1.54) is 10.4 Å². The van der Waals surface area contributed by atoms with E-state index < -0.39 is 0 Å². The van der Waals surface area contributed by atoms with Crippen LogP contribution in [-0.2, 0) is 22.4 Å². The monoisotopic (exact) mass is 473 g/mol. The van der Waals surface area contributed by atoms with Gasteiger partial charge >= 0.3 is 0 Å². The summed E-state index contributed by atoms with van der Waals surface area (Å²) in [6.07, 6.45) is 3.07. The zero-order valence-electron chi connectivity index (χ0n) is 19.6. The normalized spacial score (nSPS) is 14.9. The van der Waals surface area contributed by atoms with Gasteiger partial charge in [-0.15, -0.1) is 11.3 Å². The Bertz CT molecular complexity index is 1310. The average Bonchev–Trinajstić information content (AvgIpc) is 3.39. The van der Waals surface area contributed by atoms with E-state index in [-0.39, 0.29) is 24.9 Å². The van der Waals surface area contributed by atoms with Gasteiger partial charge in [0.05, 0.1) is 12.8 Å². The number of rotatable bonds is 5. The van der Waals surface area contributed by atoms with Crippen molar-refractivity contribution >= 4 is 39.6 Å². The zero-order valence-corrected chi connectivity index (χ0v) is 20.4. The van der Waals surface area contributed by atoms with Crippen LogP contribution in [-0.4, -0.2) is 37.7 Å². The number of thiophene rings is 1. The second kappa shape index (κ2) is 9.06. The summed E-state index contributed by atoms with van der Waals surface area (Å²) in [5, 5.41) is 3.83. The van der Waals surface area contributed by atoms with Crippen LogP contribution in [0.1, 0.15) is 39.1 Å². The molecular weight excluding hydrogens is 446 g/mol. The highest BCUT2D eigenvalue weighted by Crippen LogP contribution is 2.43. The summed E-state index contributed by atoms with van der Waals surface area (Å²) in [4.78, 5) is 33.9. The molecular formula is C27H27N3O3S. The molecule has 0 atom stereocenters. The van der Waals surface area contributed by atoms with E-state index in [4.69, 9.17) is 9.73 Å². The first-order chi connectivity index (χ1) is 16.4. The second-order valence-corrected chi connectivity index (χ2v) is 9.86. The van der Waals surface area contributed by atoms with E-state index in [1.54, 1.807) is 23.3 Å². The Labute approximate surface area is 203 Å². The highest BCUT2D eigenvalue weighted by Gasteiger charge is 2.34. The Balaban J connectivity index is 1.50. The molecule has 7 heteroatoms. The quantitative estimate of drug-likeness (QED) is 0.585. The molecule has 0 saturated heterocycles. The average molecular weight is 474 g/mol. The molecule has 0 radical (unpaired) electrons. The molecule has 0 bridgehead atoms. The lowest BCUT2D eigenvalue weighted by Gasteiger charge is -2.21. The smallest absolute Gasteiger partial charge is 0.249 e. The number of hydrogen-bond donors (Lipinski definition) is 1. The molecule has 1 aromatic heterocycles. The Morgan fingerprint density at radius 2 is 1.94 bits per heavy atom. The molecule has 2 aliphatic rings. The summed E-state index contributed by atoms with van der Waals surface area (Å²) in [5.41, 5.74) is 6.88. The van der Waals surface area contributed by atoms with Crippen molar-refractivity contribution in [2.45, 2.75) is 33.1 Å². The van der Waals surface area contributed by atoms with E-state index in [0.29, 0.717) is 0 Å². The maximum absolute atomic E-state index is 13.2. The van der Waals surface area contributed by atoms with Crippen molar-refractivity contribution in [1.29, 1.82) is 0 Å². The topological polar surface area (TPSA) is 71.0 Å². The first-order valence-electron chi connectivity index (χ1n) is 11.5. The van der Waals surface area contributed by atoms with Crippen molar-refractivity contribution < 1.29 is 14.3 Å². The van der Waals surface area contributed by atoms with Crippen LogP contribution in [0.5, 0.6) is 5.75 Å². The fraction of sp³-hybridized carbons (Fsp3) is 0.296. The van der Waals surface area contributed by atoms with Crippen molar-refractivity contribution in [2.75, 3.05) is 30.4 Å². The molecule has 0 unspecified atom stereocenters. The minimum Gasteiger partial charge on any atom is -0.497 e. The minimum absolute atomic E-state index is 0.00822. The lowest BCUT2D eigenvalue weighted by molar-refractivity contribution is -0.120. The van der Waals surface area contributed by atoms with Gasteiger partial charge in [-0.05, 0) is 80.1 Å². The number of nitrogens with one attached hydrogen (secondary N) is 1. The number of nitrogens with zero attached hydrogens (tertiary/aromatic N) is 2. The highest BCUT2D eigenvalue weighted by molar-refractivity contribution is 7.17. The molecule has 0 saturated carbocycles. The Hall–Kier alpha value is -3.45. The molecule has 1 N–H and O–H groups in total. The van der Waals surface area contributed by atoms with Gasteiger partial charge in [0, 0.05) is 21.7 Å². The van der Waals surface area contributed by atoms with Crippen LogP contribution >= 0.6 is 11.3 Å². The number of carbonyl (C=O) groups is 2. The van der Waals surface area contributed by atoms with Gasteiger partial charge in [0.2, 0.25) is 11.8 Å². The fourth-order valence-corrected chi connectivity index (χ4v) is 6.00. The number of methoxy groups -OCH3 is 1. The number of benzene rings is 2. The van der Waals surface area contributed by atoms with Gasteiger partial charge in [-0.1, -0.05) is 12.1 Å². The number of anilines is 2. The third-order valence-electron chi connectivity index (χ3n) is 6.39. The van der Waals surface area contributed by atoms with Crippen molar-refractivity contribution in [2.24, 2.45) is 4.99 Å². The number of aliphatic imine (C=N–C) groups is 1. The molecule has 0 fully saturated rings. The molecule has 174 valence electrons. The van der Waals surface area contributed by atoms with Gasteiger partial charge in [0.15, 0.2) is 0 Å². The third-order valence-corrected chi connectivity index (χ3v) is 7.71. The lowest BCUT2D eigenvalue weighted by Crippen LogP contribution is -2.39. The van der Waals surface area contributed by atoms with Gasteiger partial charge in [-0.2, -0.15) is 0 Å². The molecule has 1 aliphatic heterocycles. The van der Waals surface area contributed by atoms with E-state index in [1.807, 2.05) is 56.3 Å². The molecule has 6 nitrogen and oxygen atoms in total. The van der Waals surface area contributed by atoms with Gasteiger partial charge in [-0.25, -0.2) is 0 Å². The molecule has 2 aromatic carbocycles. The predicted octanol–water partition coefficient (Wildman–Crippen LogP) is 4.68. The molecule has 0 spiro atoms. The van der Waals surface area contributed by atoms with Gasteiger partial charge in [0.1, 0.15) is 23.8 Å². The first-order valence-corrected chi connectivity index (χ1v) is 12.3. The van der Waals surface area contributed by atoms with Gasteiger partial charge < -0.3 is 10.1 Å². The van der Waals surface area contributed by atoms with Crippen LogP contribution in [0.3, 0.4) is 0 Å². The summed E-state index contributed by atoms with van der Waals surface area (Å²) in [6, 6.07) is 13.7. The summed E-state index contributed by atoms with van der Waals surface area (Å²) in [5.74, 6) is 0.393. The maximum atomic E-state index is 13.2. The summed E-state index contributed by atoms with van der Waals surface area (Å²) in [7, 11) is 1.64.